The first-order valence-electron chi connectivity index (χ1n) is 7.15. The van der Waals surface area contributed by atoms with Crippen molar-refractivity contribution in [3.63, 3.8) is 0 Å². The zero-order chi connectivity index (χ0) is 14.5. The van der Waals surface area contributed by atoms with Crippen LogP contribution in [0, 0.1) is 0 Å². The Bertz CT molecular complexity index is 494. The molecule has 1 aromatic heterocycles. The van der Waals surface area contributed by atoms with Crippen LogP contribution in [0.2, 0.25) is 0 Å². The van der Waals surface area contributed by atoms with Crippen LogP contribution in [0.1, 0.15) is 60.5 Å². The van der Waals surface area contributed by atoms with Crippen LogP contribution < -0.4 is 10.6 Å². The molecule has 1 aliphatic rings. The van der Waals surface area contributed by atoms with Crippen molar-refractivity contribution in [2.24, 2.45) is 0 Å². The number of nitrogens with one attached hydrogen (secondary N) is 2. The molecule has 5 nitrogen and oxygen atoms in total. The Kier molecular flexibility index (Phi) is 4.71. The average Bonchev–Trinajstić information content (AvgIpc) is 2.91. The second-order valence-corrected chi connectivity index (χ2v) is 5.49. The van der Waals surface area contributed by atoms with Gasteiger partial charge in [0.2, 0.25) is 0 Å². The Balaban J connectivity index is 2.04. The number of carbonyl (C=O) groups excluding carboxylic acids is 2. The first-order valence-corrected chi connectivity index (χ1v) is 7.15. The predicted octanol–water partition coefficient (Wildman–Crippen LogP) is 1.89. The van der Waals surface area contributed by atoms with E-state index in [1.54, 1.807) is 18.2 Å². The number of pyridine rings is 1. The summed E-state index contributed by atoms with van der Waals surface area (Å²) in [6.45, 7) is 3.77. The maximum absolute atomic E-state index is 12.1. The Hall–Kier alpha value is -1.91. The van der Waals surface area contributed by atoms with Gasteiger partial charge in [0, 0.05) is 12.1 Å². The van der Waals surface area contributed by atoms with E-state index in [9.17, 15) is 9.59 Å². The Morgan fingerprint density at radius 2 is 1.75 bits per heavy atom. The normalized spacial score (nSPS) is 15.3. The van der Waals surface area contributed by atoms with Crippen LogP contribution in [0.4, 0.5) is 0 Å². The van der Waals surface area contributed by atoms with E-state index in [1.807, 2.05) is 13.8 Å². The molecule has 1 saturated carbocycles. The van der Waals surface area contributed by atoms with Gasteiger partial charge in [-0.3, -0.25) is 9.59 Å². The zero-order valence-corrected chi connectivity index (χ0v) is 12.0. The smallest absolute Gasteiger partial charge is 0.270 e. The summed E-state index contributed by atoms with van der Waals surface area (Å²) in [5, 5.41) is 5.73. The van der Waals surface area contributed by atoms with Crippen molar-refractivity contribution in [1.82, 2.24) is 15.6 Å². The molecule has 0 aliphatic heterocycles. The molecule has 1 aliphatic carbocycles. The summed E-state index contributed by atoms with van der Waals surface area (Å²) < 4.78 is 0. The quantitative estimate of drug-likeness (QED) is 0.881. The largest absolute Gasteiger partial charge is 0.349 e. The van der Waals surface area contributed by atoms with Gasteiger partial charge in [-0.2, -0.15) is 0 Å². The van der Waals surface area contributed by atoms with Crippen LogP contribution in [-0.2, 0) is 0 Å². The number of hydrogen-bond donors (Lipinski definition) is 2. The Morgan fingerprint density at radius 1 is 1.15 bits per heavy atom. The van der Waals surface area contributed by atoms with Gasteiger partial charge in [-0.25, -0.2) is 4.98 Å². The molecule has 2 amide bonds. The lowest BCUT2D eigenvalue weighted by Gasteiger charge is -2.12. The lowest BCUT2D eigenvalue weighted by Crippen LogP contribution is -2.34. The van der Waals surface area contributed by atoms with Gasteiger partial charge in [0.1, 0.15) is 11.4 Å². The van der Waals surface area contributed by atoms with Crippen LogP contribution in [0.5, 0.6) is 0 Å². The van der Waals surface area contributed by atoms with Gasteiger partial charge in [-0.1, -0.05) is 18.9 Å². The van der Waals surface area contributed by atoms with Crippen LogP contribution in [-0.4, -0.2) is 28.9 Å². The van der Waals surface area contributed by atoms with Gasteiger partial charge in [0.15, 0.2) is 0 Å². The molecule has 20 heavy (non-hydrogen) atoms. The third-order valence-electron chi connectivity index (χ3n) is 3.32. The SMILES string of the molecule is CC(C)NC(=O)c1cccc(C(=O)NC2CCCC2)n1. The van der Waals surface area contributed by atoms with E-state index in [-0.39, 0.29) is 29.6 Å². The van der Waals surface area contributed by atoms with E-state index < -0.39 is 0 Å². The van der Waals surface area contributed by atoms with Crippen molar-refractivity contribution in [3.05, 3.63) is 29.6 Å². The molecular weight excluding hydrogens is 254 g/mol. The lowest BCUT2D eigenvalue weighted by molar-refractivity contribution is 0.0930. The molecule has 0 atom stereocenters. The highest BCUT2D eigenvalue weighted by Crippen LogP contribution is 2.17. The van der Waals surface area contributed by atoms with E-state index in [0.717, 1.165) is 25.7 Å². The third-order valence-corrected chi connectivity index (χ3v) is 3.32. The predicted molar refractivity (Wildman–Crippen MR) is 76.6 cm³/mol. The molecule has 2 rings (SSSR count). The van der Waals surface area contributed by atoms with Gasteiger partial charge >= 0.3 is 0 Å². The fourth-order valence-corrected chi connectivity index (χ4v) is 2.35. The first kappa shape index (κ1) is 14.5. The van der Waals surface area contributed by atoms with Crippen molar-refractivity contribution in [2.75, 3.05) is 0 Å². The second-order valence-electron chi connectivity index (χ2n) is 5.49. The number of carbonyl (C=O) groups is 2. The monoisotopic (exact) mass is 275 g/mol. The standard InChI is InChI=1S/C15H21N3O2/c1-10(2)16-14(19)12-8-5-9-13(18-12)15(20)17-11-6-3-4-7-11/h5,8-11H,3-4,6-7H2,1-2H3,(H,16,19)(H,17,20). The van der Waals surface area contributed by atoms with Crippen LogP contribution >= 0.6 is 0 Å². The van der Waals surface area contributed by atoms with Gasteiger partial charge in [-0.05, 0) is 38.8 Å². The number of amides is 2. The highest BCUT2D eigenvalue weighted by atomic mass is 16.2. The van der Waals surface area contributed by atoms with Crippen LogP contribution in [0.15, 0.2) is 18.2 Å². The molecule has 0 spiro atoms. The molecule has 0 bridgehead atoms. The summed E-state index contributed by atoms with van der Waals surface area (Å²) in [5.41, 5.74) is 0.575. The van der Waals surface area contributed by atoms with Crippen molar-refractivity contribution >= 4 is 11.8 Å². The summed E-state index contributed by atoms with van der Waals surface area (Å²) in [5.74, 6) is -0.452. The summed E-state index contributed by atoms with van der Waals surface area (Å²) in [6.07, 6.45) is 4.38. The number of nitrogens with zero attached hydrogens (tertiary/aromatic N) is 1. The van der Waals surface area contributed by atoms with Crippen LogP contribution in [0.25, 0.3) is 0 Å². The van der Waals surface area contributed by atoms with E-state index in [0.29, 0.717) is 5.69 Å². The molecule has 108 valence electrons. The molecule has 1 heterocycles. The molecule has 0 radical (unpaired) electrons. The number of hydrogen-bond acceptors (Lipinski definition) is 3. The summed E-state index contributed by atoms with van der Waals surface area (Å²) in [6, 6.07) is 5.23. The maximum Gasteiger partial charge on any atom is 0.270 e. The topological polar surface area (TPSA) is 71.1 Å². The van der Waals surface area contributed by atoms with Gasteiger partial charge in [0.05, 0.1) is 0 Å². The van der Waals surface area contributed by atoms with E-state index in [1.165, 1.54) is 0 Å². The maximum atomic E-state index is 12.1. The molecule has 0 aromatic carbocycles. The second kappa shape index (κ2) is 6.50. The molecule has 5 heteroatoms. The summed E-state index contributed by atoms with van der Waals surface area (Å²) in [7, 11) is 0. The zero-order valence-electron chi connectivity index (χ0n) is 12.0. The highest BCUT2D eigenvalue weighted by molar-refractivity contribution is 5.96. The Morgan fingerprint density at radius 3 is 2.35 bits per heavy atom. The molecule has 0 saturated heterocycles. The molecule has 1 aromatic rings. The molecule has 0 unspecified atom stereocenters. The van der Waals surface area contributed by atoms with E-state index in [2.05, 4.69) is 15.6 Å². The number of rotatable bonds is 4. The average molecular weight is 275 g/mol. The van der Waals surface area contributed by atoms with Crippen LogP contribution in [0.3, 0.4) is 0 Å². The Labute approximate surface area is 119 Å². The number of aromatic nitrogens is 1. The lowest BCUT2D eigenvalue weighted by atomic mass is 10.2. The third kappa shape index (κ3) is 3.79. The van der Waals surface area contributed by atoms with Crippen molar-refractivity contribution in [2.45, 2.75) is 51.6 Å². The minimum absolute atomic E-state index is 0.0419. The van der Waals surface area contributed by atoms with Crippen molar-refractivity contribution < 1.29 is 9.59 Å². The first-order chi connectivity index (χ1) is 9.56. The fourth-order valence-electron chi connectivity index (χ4n) is 2.35. The minimum atomic E-state index is -0.254. The van der Waals surface area contributed by atoms with Crippen molar-refractivity contribution in [1.29, 1.82) is 0 Å². The van der Waals surface area contributed by atoms with Gasteiger partial charge in [-0.15, -0.1) is 0 Å². The highest BCUT2D eigenvalue weighted by Gasteiger charge is 2.19. The summed E-state index contributed by atoms with van der Waals surface area (Å²) >= 11 is 0. The van der Waals surface area contributed by atoms with Gasteiger partial charge in [0.25, 0.3) is 11.8 Å². The van der Waals surface area contributed by atoms with E-state index in [4.69, 9.17) is 0 Å². The molecule has 1 fully saturated rings. The van der Waals surface area contributed by atoms with Crippen molar-refractivity contribution in [3.8, 4) is 0 Å². The van der Waals surface area contributed by atoms with Gasteiger partial charge < -0.3 is 10.6 Å². The molecular formula is C15H21N3O2. The minimum Gasteiger partial charge on any atom is -0.349 e. The summed E-state index contributed by atoms with van der Waals surface area (Å²) in [4.78, 5) is 28.1. The fraction of sp³-hybridized carbons (Fsp3) is 0.533. The van der Waals surface area contributed by atoms with E-state index >= 15 is 0 Å². The molecule has 2 N–H and O–H groups in total.